The zero-order valence-electron chi connectivity index (χ0n) is 16.3. The maximum atomic E-state index is 5.65. The van der Waals surface area contributed by atoms with Crippen molar-refractivity contribution < 1.29 is 4.74 Å². The Balaban J connectivity index is 0.00000261. The fourth-order valence-electron chi connectivity index (χ4n) is 3.77. The number of nitrogens with zero attached hydrogens (tertiary/aromatic N) is 2. The number of aromatic nitrogens is 1. The predicted octanol–water partition coefficient (Wildman–Crippen LogP) is 3.33. The SMILES string of the molecule is CN=C(NCCn1cccc1)NCC1(c2ccccc2C)CCOCC1.I. The maximum absolute atomic E-state index is 5.65. The molecule has 5 nitrogen and oxygen atoms in total. The molecule has 1 aromatic heterocycles. The first-order valence-electron chi connectivity index (χ1n) is 9.43. The number of guanidine groups is 1. The van der Waals surface area contributed by atoms with E-state index in [1.54, 1.807) is 0 Å². The van der Waals surface area contributed by atoms with Crippen LogP contribution in [0, 0.1) is 6.92 Å². The molecular formula is C21H31IN4O. The highest BCUT2D eigenvalue weighted by atomic mass is 127. The van der Waals surface area contributed by atoms with Crippen molar-refractivity contribution in [2.75, 3.05) is 33.4 Å². The van der Waals surface area contributed by atoms with Gasteiger partial charge in [-0.15, -0.1) is 24.0 Å². The normalized spacial score (nSPS) is 16.4. The van der Waals surface area contributed by atoms with Crippen LogP contribution >= 0.6 is 24.0 Å². The van der Waals surface area contributed by atoms with E-state index in [0.29, 0.717) is 0 Å². The van der Waals surface area contributed by atoms with E-state index in [0.717, 1.165) is 51.6 Å². The molecule has 0 radical (unpaired) electrons. The fraction of sp³-hybridized carbons (Fsp3) is 0.476. The molecule has 1 aromatic carbocycles. The molecule has 3 rings (SSSR count). The lowest BCUT2D eigenvalue weighted by Crippen LogP contribution is -2.48. The Bertz CT molecular complexity index is 709. The van der Waals surface area contributed by atoms with Crippen molar-refractivity contribution in [2.45, 2.75) is 31.7 Å². The summed E-state index contributed by atoms with van der Waals surface area (Å²) in [6, 6.07) is 12.8. The summed E-state index contributed by atoms with van der Waals surface area (Å²) in [4.78, 5) is 4.39. The van der Waals surface area contributed by atoms with E-state index in [9.17, 15) is 0 Å². The highest BCUT2D eigenvalue weighted by Gasteiger charge is 2.35. The summed E-state index contributed by atoms with van der Waals surface area (Å²) >= 11 is 0. The van der Waals surface area contributed by atoms with Gasteiger partial charge in [0.15, 0.2) is 5.96 Å². The minimum atomic E-state index is 0. The molecule has 0 amide bonds. The third-order valence-corrected chi connectivity index (χ3v) is 5.31. The first-order chi connectivity index (χ1) is 12.7. The molecule has 2 heterocycles. The number of aliphatic imine (C=N–C) groups is 1. The number of rotatable bonds is 6. The molecule has 1 fully saturated rings. The van der Waals surface area contributed by atoms with Crippen LogP contribution in [-0.4, -0.2) is 43.9 Å². The molecule has 2 N–H and O–H groups in total. The molecule has 1 saturated heterocycles. The third-order valence-electron chi connectivity index (χ3n) is 5.31. The van der Waals surface area contributed by atoms with Crippen LogP contribution in [0.2, 0.25) is 0 Å². The van der Waals surface area contributed by atoms with Crippen LogP contribution in [0.1, 0.15) is 24.0 Å². The van der Waals surface area contributed by atoms with Crippen molar-refractivity contribution in [3.05, 3.63) is 59.9 Å². The first-order valence-corrected chi connectivity index (χ1v) is 9.43. The fourth-order valence-corrected chi connectivity index (χ4v) is 3.77. The van der Waals surface area contributed by atoms with Gasteiger partial charge in [0, 0.05) is 57.7 Å². The summed E-state index contributed by atoms with van der Waals surface area (Å²) in [5.74, 6) is 0.858. The molecule has 0 spiro atoms. The van der Waals surface area contributed by atoms with E-state index in [4.69, 9.17) is 4.74 Å². The van der Waals surface area contributed by atoms with E-state index in [1.807, 2.05) is 19.2 Å². The first kappa shape index (κ1) is 21.8. The quantitative estimate of drug-likeness (QED) is 0.378. The zero-order valence-corrected chi connectivity index (χ0v) is 18.6. The highest BCUT2D eigenvalue weighted by Crippen LogP contribution is 2.36. The number of ether oxygens (including phenoxy) is 1. The smallest absolute Gasteiger partial charge is 0.191 e. The Kier molecular flexibility index (Phi) is 8.63. The van der Waals surface area contributed by atoms with E-state index >= 15 is 0 Å². The van der Waals surface area contributed by atoms with E-state index in [-0.39, 0.29) is 29.4 Å². The molecule has 0 unspecified atom stereocenters. The van der Waals surface area contributed by atoms with Crippen molar-refractivity contribution in [3.8, 4) is 0 Å². The summed E-state index contributed by atoms with van der Waals surface area (Å²) in [7, 11) is 1.83. The van der Waals surface area contributed by atoms with Crippen molar-refractivity contribution in [2.24, 2.45) is 4.99 Å². The van der Waals surface area contributed by atoms with Crippen LogP contribution in [0.15, 0.2) is 53.8 Å². The lowest BCUT2D eigenvalue weighted by molar-refractivity contribution is 0.0512. The number of benzene rings is 1. The van der Waals surface area contributed by atoms with Crippen LogP contribution in [-0.2, 0) is 16.7 Å². The van der Waals surface area contributed by atoms with Gasteiger partial charge < -0.3 is 19.9 Å². The second kappa shape index (κ2) is 10.7. The number of hydrogen-bond donors (Lipinski definition) is 2. The van der Waals surface area contributed by atoms with Gasteiger partial charge >= 0.3 is 0 Å². The number of nitrogens with one attached hydrogen (secondary N) is 2. The summed E-state index contributed by atoms with van der Waals surface area (Å²) < 4.78 is 7.81. The molecule has 2 aromatic rings. The number of halogens is 1. The topological polar surface area (TPSA) is 50.6 Å². The maximum Gasteiger partial charge on any atom is 0.191 e. The highest BCUT2D eigenvalue weighted by molar-refractivity contribution is 14.0. The zero-order chi connectivity index (χ0) is 18.2. The third kappa shape index (κ3) is 5.72. The van der Waals surface area contributed by atoms with Crippen molar-refractivity contribution in [1.29, 1.82) is 0 Å². The minimum absolute atomic E-state index is 0. The molecule has 148 valence electrons. The number of hydrogen-bond acceptors (Lipinski definition) is 2. The summed E-state index contributed by atoms with van der Waals surface area (Å²) in [6.07, 6.45) is 6.22. The largest absolute Gasteiger partial charge is 0.381 e. The molecule has 0 atom stereocenters. The Morgan fingerprint density at radius 1 is 1.11 bits per heavy atom. The molecule has 0 bridgehead atoms. The van der Waals surface area contributed by atoms with Crippen molar-refractivity contribution in [3.63, 3.8) is 0 Å². The summed E-state index contributed by atoms with van der Waals surface area (Å²) in [6.45, 7) is 6.46. The van der Waals surface area contributed by atoms with Gasteiger partial charge in [-0.1, -0.05) is 24.3 Å². The Morgan fingerprint density at radius 2 is 1.81 bits per heavy atom. The van der Waals surface area contributed by atoms with Crippen LogP contribution in [0.4, 0.5) is 0 Å². The Morgan fingerprint density at radius 3 is 2.48 bits per heavy atom. The van der Waals surface area contributed by atoms with Crippen molar-refractivity contribution >= 4 is 29.9 Å². The van der Waals surface area contributed by atoms with Crippen LogP contribution in [0.5, 0.6) is 0 Å². The lowest BCUT2D eigenvalue weighted by atomic mass is 9.72. The van der Waals surface area contributed by atoms with Gasteiger partial charge in [0.05, 0.1) is 0 Å². The van der Waals surface area contributed by atoms with Gasteiger partial charge in [0.25, 0.3) is 0 Å². The molecule has 27 heavy (non-hydrogen) atoms. The van der Waals surface area contributed by atoms with E-state index in [1.165, 1.54) is 11.1 Å². The lowest BCUT2D eigenvalue weighted by Gasteiger charge is -2.39. The molecule has 0 aliphatic carbocycles. The van der Waals surface area contributed by atoms with Crippen LogP contribution in [0.25, 0.3) is 0 Å². The average Bonchev–Trinajstić information content (AvgIpc) is 3.19. The average molecular weight is 482 g/mol. The Hall–Kier alpha value is -1.54. The van der Waals surface area contributed by atoms with Crippen LogP contribution < -0.4 is 10.6 Å². The summed E-state index contributed by atoms with van der Waals surface area (Å²) in [5.41, 5.74) is 2.88. The van der Waals surface area contributed by atoms with E-state index in [2.05, 4.69) is 63.8 Å². The van der Waals surface area contributed by atoms with Gasteiger partial charge in [0.2, 0.25) is 0 Å². The van der Waals surface area contributed by atoms with Gasteiger partial charge in [-0.05, 0) is 43.0 Å². The van der Waals surface area contributed by atoms with Crippen LogP contribution in [0.3, 0.4) is 0 Å². The van der Waals surface area contributed by atoms with Crippen molar-refractivity contribution in [1.82, 2.24) is 15.2 Å². The standard InChI is InChI=1S/C21H30N4O.HI/c1-18-7-3-4-8-19(18)21(9-15-26-16-10-21)17-24-20(22-2)23-11-14-25-12-5-6-13-25;/h3-8,12-13H,9-11,14-17H2,1-2H3,(H2,22,23,24);1H. The molecular weight excluding hydrogens is 451 g/mol. The van der Waals surface area contributed by atoms with E-state index < -0.39 is 0 Å². The van der Waals surface area contributed by atoms with Gasteiger partial charge in [-0.2, -0.15) is 0 Å². The second-order valence-corrected chi connectivity index (χ2v) is 6.98. The second-order valence-electron chi connectivity index (χ2n) is 6.98. The molecule has 6 heteroatoms. The van der Waals surface area contributed by atoms with Gasteiger partial charge in [-0.25, -0.2) is 0 Å². The summed E-state index contributed by atoms with van der Waals surface area (Å²) in [5, 5.41) is 6.98. The monoisotopic (exact) mass is 482 g/mol. The predicted molar refractivity (Wildman–Crippen MR) is 122 cm³/mol. The van der Waals surface area contributed by atoms with Gasteiger partial charge in [0.1, 0.15) is 0 Å². The molecule has 1 aliphatic rings. The minimum Gasteiger partial charge on any atom is -0.381 e. The van der Waals surface area contributed by atoms with Gasteiger partial charge in [-0.3, -0.25) is 4.99 Å². The number of aryl methyl sites for hydroxylation is 1. The molecule has 1 aliphatic heterocycles. The Labute approximate surface area is 179 Å². The molecule has 0 saturated carbocycles.